The molecule has 0 unspecified atom stereocenters. The van der Waals surface area contributed by atoms with Gasteiger partial charge in [0, 0.05) is 49.1 Å². The summed E-state index contributed by atoms with van der Waals surface area (Å²) >= 11 is 0. The summed E-state index contributed by atoms with van der Waals surface area (Å²) < 4.78 is 15.7. The van der Waals surface area contributed by atoms with Gasteiger partial charge in [-0.1, -0.05) is 212 Å². The number of fused-ring (bicyclic) bond motifs is 11. The van der Waals surface area contributed by atoms with E-state index in [1.54, 1.807) is 0 Å². The Morgan fingerprint density at radius 2 is 0.558 bits per heavy atom. The molecule has 0 atom stereocenters. The highest BCUT2D eigenvalue weighted by atomic mass is 16.3. The van der Waals surface area contributed by atoms with Crippen molar-refractivity contribution in [3.63, 3.8) is 0 Å². The van der Waals surface area contributed by atoms with E-state index in [0.717, 1.165) is 105 Å². The molecule has 0 amide bonds. The van der Waals surface area contributed by atoms with Crippen LogP contribution in [0.25, 0.3) is 160 Å². The van der Waals surface area contributed by atoms with Crippen LogP contribution in [0.1, 0.15) is 0 Å². The Morgan fingerprint density at radius 3 is 0.987 bits per heavy atom. The van der Waals surface area contributed by atoms with Gasteiger partial charge in [-0.25, -0.2) is 0 Å². The monoisotopic (exact) mass is 979 g/mol. The number of para-hydroxylation sites is 2. The van der Waals surface area contributed by atoms with Crippen molar-refractivity contribution in [2.75, 3.05) is 0 Å². The topological polar surface area (TPSA) is 31.2 Å². The molecule has 77 heavy (non-hydrogen) atoms. The first kappa shape index (κ1) is 43.2. The molecule has 3 heterocycles. The molecule has 3 aromatic heterocycles. The Morgan fingerprint density at radius 1 is 0.221 bits per heavy atom. The average Bonchev–Trinajstić information content (AvgIpc) is 4.26. The summed E-state index contributed by atoms with van der Waals surface area (Å²) in [6.07, 6.45) is 0. The number of aromatic nitrogens is 1. The molecule has 0 fully saturated rings. The van der Waals surface area contributed by atoms with Gasteiger partial charge >= 0.3 is 0 Å². The van der Waals surface area contributed by atoms with E-state index in [4.69, 9.17) is 8.83 Å². The minimum Gasteiger partial charge on any atom is -0.455 e. The highest BCUT2D eigenvalue weighted by Crippen LogP contribution is 2.46. The smallest absolute Gasteiger partial charge is 0.143 e. The molecule has 13 aromatic carbocycles. The third kappa shape index (κ3) is 6.84. The van der Waals surface area contributed by atoms with Gasteiger partial charge in [0.15, 0.2) is 0 Å². The zero-order valence-electron chi connectivity index (χ0n) is 41.7. The van der Waals surface area contributed by atoms with Crippen LogP contribution < -0.4 is 0 Å². The van der Waals surface area contributed by atoms with Crippen molar-refractivity contribution in [3.8, 4) is 72.4 Å². The fourth-order valence-electron chi connectivity index (χ4n) is 12.4. The predicted molar refractivity (Wildman–Crippen MR) is 323 cm³/mol. The summed E-state index contributed by atoms with van der Waals surface area (Å²) in [4.78, 5) is 0. The van der Waals surface area contributed by atoms with Crippen LogP contribution in [0.2, 0.25) is 0 Å². The largest absolute Gasteiger partial charge is 0.455 e. The number of rotatable bonds is 7. The SMILES string of the molecule is c1ccc(-c2c3ccccc3c(-c3ccc(-n4c5ccc(-c6ccc7oc8c(-c9ccccc9)cccc8c7c6)cc5c5cc(-c6ccc7oc8c(-c9ccccc9)cccc8c7c6)ccc54)cc3)c3ccccc23)cc1. The quantitative estimate of drug-likeness (QED) is 0.149. The van der Waals surface area contributed by atoms with Crippen LogP contribution in [-0.4, -0.2) is 4.57 Å². The van der Waals surface area contributed by atoms with Crippen molar-refractivity contribution < 1.29 is 8.83 Å². The maximum Gasteiger partial charge on any atom is 0.143 e. The Bertz CT molecular complexity index is 4730. The van der Waals surface area contributed by atoms with Crippen LogP contribution in [0, 0.1) is 0 Å². The van der Waals surface area contributed by atoms with Gasteiger partial charge in [-0.05, 0) is 138 Å². The van der Waals surface area contributed by atoms with Crippen LogP contribution in [0.3, 0.4) is 0 Å². The molecule has 0 aliphatic carbocycles. The van der Waals surface area contributed by atoms with Crippen molar-refractivity contribution in [3.05, 3.63) is 273 Å². The molecule has 0 bridgehead atoms. The summed E-state index contributed by atoms with van der Waals surface area (Å²) in [5, 5.41) is 11.8. The molecule has 0 saturated carbocycles. The molecule has 0 N–H and O–H groups in total. The molecule has 358 valence electrons. The fraction of sp³-hybridized carbons (Fsp3) is 0. The highest BCUT2D eigenvalue weighted by Gasteiger charge is 2.21. The molecule has 0 aliphatic rings. The van der Waals surface area contributed by atoms with Crippen molar-refractivity contribution in [1.82, 2.24) is 4.57 Å². The van der Waals surface area contributed by atoms with Crippen LogP contribution in [0.5, 0.6) is 0 Å². The second-order valence-corrected chi connectivity index (χ2v) is 20.3. The summed E-state index contributed by atoms with van der Waals surface area (Å²) in [5.41, 5.74) is 20.9. The molecule has 0 aliphatic heterocycles. The number of hydrogen-bond acceptors (Lipinski definition) is 2. The first-order chi connectivity index (χ1) is 38.2. The Kier molecular flexibility index (Phi) is 9.64. The zero-order chi connectivity index (χ0) is 50.6. The zero-order valence-corrected chi connectivity index (χ0v) is 41.7. The third-order valence-electron chi connectivity index (χ3n) is 16.0. The molecule has 16 aromatic rings. The van der Waals surface area contributed by atoms with Crippen LogP contribution in [0.4, 0.5) is 0 Å². The number of furan rings is 2. The van der Waals surface area contributed by atoms with Crippen molar-refractivity contribution in [2.45, 2.75) is 0 Å². The fourth-order valence-corrected chi connectivity index (χ4v) is 12.4. The van der Waals surface area contributed by atoms with E-state index in [2.05, 4.69) is 278 Å². The molecule has 0 radical (unpaired) electrons. The lowest BCUT2D eigenvalue weighted by Gasteiger charge is -2.18. The van der Waals surface area contributed by atoms with Gasteiger partial charge in [0.05, 0.1) is 11.0 Å². The van der Waals surface area contributed by atoms with Gasteiger partial charge in [-0.3, -0.25) is 0 Å². The summed E-state index contributed by atoms with van der Waals surface area (Å²) in [6, 6.07) is 98.9. The minimum absolute atomic E-state index is 0.879. The number of nitrogens with zero attached hydrogens (tertiary/aromatic N) is 1. The number of hydrogen-bond donors (Lipinski definition) is 0. The van der Waals surface area contributed by atoms with Gasteiger partial charge < -0.3 is 13.4 Å². The molecule has 0 saturated heterocycles. The Balaban J connectivity index is 0.865. The second kappa shape index (κ2) is 17.2. The third-order valence-corrected chi connectivity index (χ3v) is 16.0. The van der Waals surface area contributed by atoms with E-state index < -0.39 is 0 Å². The van der Waals surface area contributed by atoms with E-state index in [0.29, 0.717) is 0 Å². The summed E-state index contributed by atoms with van der Waals surface area (Å²) in [7, 11) is 0. The molecule has 3 heteroatoms. The predicted octanol–water partition coefficient (Wildman–Crippen LogP) is 20.9. The lowest BCUT2D eigenvalue weighted by Crippen LogP contribution is -1.95. The summed E-state index contributed by atoms with van der Waals surface area (Å²) in [5.74, 6) is 0. The maximum absolute atomic E-state index is 6.63. The van der Waals surface area contributed by atoms with Gasteiger partial charge in [0.2, 0.25) is 0 Å². The molecule has 3 nitrogen and oxygen atoms in total. The lowest BCUT2D eigenvalue weighted by atomic mass is 9.86. The van der Waals surface area contributed by atoms with E-state index in [1.165, 1.54) is 54.6 Å². The van der Waals surface area contributed by atoms with Gasteiger partial charge in [0.25, 0.3) is 0 Å². The second-order valence-electron chi connectivity index (χ2n) is 20.3. The van der Waals surface area contributed by atoms with Crippen LogP contribution in [-0.2, 0) is 0 Å². The minimum atomic E-state index is 0.879. The van der Waals surface area contributed by atoms with Gasteiger partial charge in [-0.2, -0.15) is 0 Å². The summed E-state index contributed by atoms with van der Waals surface area (Å²) in [6.45, 7) is 0. The van der Waals surface area contributed by atoms with Crippen LogP contribution >= 0.6 is 0 Å². The Labute approximate surface area is 443 Å². The Hall–Kier alpha value is -10.2. The van der Waals surface area contributed by atoms with Crippen molar-refractivity contribution in [1.29, 1.82) is 0 Å². The van der Waals surface area contributed by atoms with Gasteiger partial charge in [0.1, 0.15) is 22.3 Å². The lowest BCUT2D eigenvalue weighted by molar-refractivity contribution is 0.669. The first-order valence-corrected chi connectivity index (χ1v) is 26.4. The van der Waals surface area contributed by atoms with Crippen molar-refractivity contribution >= 4 is 87.2 Å². The molecular formula is C74H45NO2. The van der Waals surface area contributed by atoms with E-state index in [9.17, 15) is 0 Å². The standard InChI is InChI=1S/C74H45NO2/c1-4-16-46(17-5-1)55-26-14-28-61-65-44-52(34-40-69(65)76-73(55)61)50-32-38-67-63(42-50)64-43-51(53-35-41-70-66(45-53)62-29-15-27-56(74(62)77-70)47-18-6-2-7-19-47)33-39-68(64)75(67)54-36-30-49(31-37-54)72-59-24-12-10-22-57(59)71(48-20-8-3-9-21-48)58-23-11-13-25-60(58)72/h1-45H. The maximum atomic E-state index is 6.63. The van der Waals surface area contributed by atoms with Gasteiger partial charge in [-0.15, -0.1) is 0 Å². The first-order valence-electron chi connectivity index (χ1n) is 26.4. The molecule has 16 rings (SSSR count). The number of benzene rings is 13. The van der Waals surface area contributed by atoms with E-state index in [-0.39, 0.29) is 0 Å². The molecular weight excluding hydrogens is 935 g/mol. The van der Waals surface area contributed by atoms with Crippen molar-refractivity contribution in [2.24, 2.45) is 0 Å². The average molecular weight is 980 g/mol. The van der Waals surface area contributed by atoms with E-state index in [1.807, 2.05) is 0 Å². The highest BCUT2D eigenvalue weighted by molar-refractivity contribution is 6.22. The molecule has 0 spiro atoms. The van der Waals surface area contributed by atoms with Crippen LogP contribution in [0.15, 0.2) is 282 Å². The normalized spacial score (nSPS) is 11.9. The van der Waals surface area contributed by atoms with E-state index >= 15 is 0 Å².